The molecule has 0 fully saturated rings. The second-order valence-electron chi connectivity index (χ2n) is 4.50. The van der Waals surface area contributed by atoms with Gasteiger partial charge in [-0.1, -0.05) is 12.1 Å². The highest BCUT2D eigenvalue weighted by Gasteiger charge is 2.17. The number of hydrogen-bond acceptors (Lipinski definition) is 4. The smallest absolute Gasteiger partial charge is 0.241 e. The summed E-state index contributed by atoms with van der Waals surface area (Å²) in [6, 6.07) is 11.3. The molecular formula is C14H15BrN2O3S. The zero-order valence-electron chi connectivity index (χ0n) is 11.1. The minimum absolute atomic E-state index is 0.119. The van der Waals surface area contributed by atoms with Gasteiger partial charge in [0.05, 0.1) is 4.90 Å². The molecule has 0 aliphatic rings. The lowest BCUT2D eigenvalue weighted by atomic mass is 10.1. The van der Waals surface area contributed by atoms with Gasteiger partial charge in [0.1, 0.15) is 5.75 Å². The Bertz CT molecular complexity index is 730. The van der Waals surface area contributed by atoms with Crippen LogP contribution in [0.5, 0.6) is 5.75 Å². The summed E-state index contributed by atoms with van der Waals surface area (Å²) in [6.45, 7) is 0.258. The van der Waals surface area contributed by atoms with Gasteiger partial charge in [-0.2, -0.15) is 0 Å². The molecule has 0 bridgehead atoms. The molecule has 7 heteroatoms. The zero-order valence-corrected chi connectivity index (χ0v) is 13.5. The molecule has 0 spiro atoms. The zero-order chi connectivity index (χ0) is 15.5. The van der Waals surface area contributed by atoms with Crippen molar-refractivity contribution in [3.05, 3.63) is 52.5 Å². The van der Waals surface area contributed by atoms with E-state index in [1.165, 1.54) is 6.07 Å². The molecule has 21 heavy (non-hydrogen) atoms. The van der Waals surface area contributed by atoms with Gasteiger partial charge in [-0.05, 0) is 58.2 Å². The molecule has 2 rings (SSSR count). The number of anilines is 1. The number of sulfonamides is 1. The summed E-state index contributed by atoms with van der Waals surface area (Å²) in [5, 5.41) is 9.19. The number of halogens is 1. The van der Waals surface area contributed by atoms with Crippen molar-refractivity contribution < 1.29 is 13.5 Å². The van der Waals surface area contributed by atoms with Crippen LogP contribution >= 0.6 is 15.9 Å². The molecule has 0 unspecified atom stereocenters. The van der Waals surface area contributed by atoms with Gasteiger partial charge in [0, 0.05) is 16.7 Å². The highest BCUT2D eigenvalue weighted by molar-refractivity contribution is 9.10. The summed E-state index contributed by atoms with van der Waals surface area (Å²) < 4.78 is 27.4. The monoisotopic (exact) mass is 370 g/mol. The normalized spacial score (nSPS) is 11.5. The maximum Gasteiger partial charge on any atom is 0.241 e. The van der Waals surface area contributed by atoms with E-state index in [2.05, 4.69) is 20.7 Å². The van der Waals surface area contributed by atoms with Gasteiger partial charge in [0.25, 0.3) is 0 Å². The highest BCUT2D eigenvalue weighted by atomic mass is 79.9. The van der Waals surface area contributed by atoms with Crippen molar-refractivity contribution in [3.8, 4) is 5.75 Å². The number of aromatic hydroxyl groups is 1. The molecule has 0 aromatic heterocycles. The van der Waals surface area contributed by atoms with E-state index in [0.29, 0.717) is 16.6 Å². The standard InChI is InChI=1S/C14H15BrN2O3S/c15-13-6-3-11(16)9-14(13)21(19,20)17-8-7-10-1-4-12(18)5-2-10/h1-6,9,17-18H,7-8,16H2. The molecule has 2 aromatic carbocycles. The first-order chi connectivity index (χ1) is 9.88. The van der Waals surface area contributed by atoms with Crippen LogP contribution in [0.3, 0.4) is 0 Å². The summed E-state index contributed by atoms with van der Waals surface area (Å²) in [7, 11) is -3.62. The maximum absolute atomic E-state index is 12.2. The van der Waals surface area contributed by atoms with E-state index in [9.17, 15) is 13.5 Å². The van der Waals surface area contributed by atoms with Gasteiger partial charge in [0.15, 0.2) is 0 Å². The third-order valence-electron chi connectivity index (χ3n) is 2.89. The third kappa shape index (κ3) is 4.20. The lowest BCUT2D eigenvalue weighted by Crippen LogP contribution is -2.26. The van der Waals surface area contributed by atoms with E-state index in [0.717, 1.165) is 5.56 Å². The Morgan fingerprint density at radius 1 is 1.14 bits per heavy atom. The number of phenolic OH excluding ortho intramolecular Hbond substituents is 1. The fraction of sp³-hybridized carbons (Fsp3) is 0.143. The Morgan fingerprint density at radius 2 is 1.81 bits per heavy atom. The molecule has 0 radical (unpaired) electrons. The summed E-state index contributed by atoms with van der Waals surface area (Å²) in [5.74, 6) is 0.183. The summed E-state index contributed by atoms with van der Waals surface area (Å²) in [4.78, 5) is 0.119. The van der Waals surface area contributed by atoms with Crippen LogP contribution in [0.1, 0.15) is 5.56 Å². The van der Waals surface area contributed by atoms with Gasteiger partial charge in [-0.15, -0.1) is 0 Å². The Labute approximate surface area is 132 Å². The Kier molecular flexibility index (Phi) is 4.87. The fourth-order valence-electron chi connectivity index (χ4n) is 1.80. The summed E-state index contributed by atoms with van der Waals surface area (Å²) in [5.41, 5.74) is 6.94. The van der Waals surface area contributed by atoms with Crippen molar-refractivity contribution in [2.75, 3.05) is 12.3 Å². The van der Waals surface area contributed by atoms with Crippen LogP contribution in [-0.4, -0.2) is 20.1 Å². The first kappa shape index (κ1) is 15.8. The van der Waals surface area contributed by atoms with Gasteiger partial charge < -0.3 is 10.8 Å². The van der Waals surface area contributed by atoms with Gasteiger partial charge in [-0.25, -0.2) is 13.1 Å². The number of phenols is 1. The number of nitrogens with two attached hydrogens (primary N) is 1. The van der Waals surface area contributed by atoms with E-state index < -0.39 is 10.0 Å². The SMILES string of the molecule is Nc1ccc(Br)c(S(=O)(=O)NCCc2ccc(O)cc2)c1. The molecule has 0 heterocycles. The Morgan fingerprint density at radius 3 is 2.48 bits per heavy atom. The second kappa shape index (κ2) is 6.46. The van der Waals surface area contributed by atoms with Crippen molar-refractivity contribution >= 4 is 31.6 Å². The second-order valence-corrected chi connectivity index (χ2v) is 7.09. The number of nitrogen functional groups attached to an aromatic ring is 1. The third-order valence-corrected chi connectivity index (χ3v) is 5.34. The van der Waals surface area contributed by atoms with Gasteiger partial charge >= 0.3 is 0 Å². The number of hydrogen-bond donors (Lipinski definition) is 3. The van der Waals surface area contributed by atoms with Crippen molar-refractivity contribution in [2.45, 2.75) is 11.3 Å². The van der Waals surface area contributed by atoms with E-state index >= 15 is 0 Å². The minimum Gasteiger partial charge on any atom is -0.508 e. The number of benzene rings is 2. The highest BCUT2D eigenvalue weighted by Crippen LogP contribution is 2.24. The quantitative estimate of drug-likeness (QED) is 0.703. The van der Waals surface area contributed by atoms with Crippen molar-refractivity contribution in [2.24, 2.45) is 0 Å². The molecule has 4 N–H and O–H groups in total. The predicted molar refractivity (Wildman–Crippen MR) is 85.6 cm³/mol. The number of nitrogens with one attached hydrogen (secondary N) is 1. The van der Waals surface area contributed by atoms with Crippen molar-refractivity contribution in [3.63, 3.8) is 0 Å². The van der Waals surface area contributed by atoms with Crippen LogP contribution in [0.2, 0.25) is 0 Å². The van der Waals surface area contributed by atoms with Crippen molar-refractivity contribution in [1.29, 1.82) is 0 Å². The van der Waals surface area contributed by atoms with Crippen LogP contribution in [0.15, 0.2) is 51.8 Å². The summed E-state index contributed by atoms with van der Waals surface area (Å²) >= 11 is 3.21. The Balaban J connectivity index is 2.04. The van der Waals surface area contributed by atoms with Crippen LogP contribution in [0.4, 0.5) is 5.69 Å². The van der Waals surface area contributed by atoms with E-state index in [1.807, 2.05) is 0 Å². The first-order valence-corrected chi connectivity index (χ1v) is 8.49. The van der Waals surface area contributed by atoms with Crippen LogP contribution in [0.25, 0.3) is 0 Å². The molecule has 0 saturated heterocycles. The lowest BCUT2D eigenvalue weighted by Gasteiger charge is -2.09. The molecule has 0 aliphatic carbocycles. The molecule has 2 aromatic rings. The molecule has 0 atom stereocenters. The maximum atomic E-state index is 12.2. The predicted octanol–water partition coefficient (Wildman–Crippen LogP) is 2.26. The van der Waals surface area contributed by atoms with Crippen molar-refractivity contribution in [1.82, 2.24) is 4.72 Å². The Hall–Kier alpha value is -1.57. The molecular weight excluding hydrogens is 356 g/mol. The van der Waals surface area contributed by atoms with E-state index in [-0.39, 0.29) is 17.2 Å². The molecule has 5 nitrogen and oxygen atoms in total. The number of rotatable bonds is 5. The van der Waals surface area contributed by atoms with Crippen LogP contribution in [0, 0.1) is 0 Å². The first-order valence-electron chi connectivity index (χ1n) is 6.21. The average molecular weight is 371 g/mol. The average Bonchev–Trinajstić information content (AvgIpc) is 2.43. The summed E-state index contributed by atoms with van der Waals surface area (Å²) in [6.07, 6.45) is 0.527. The molecule has 0 amide bonds. The minimum atomic E-state index is -3.62. The van der Waals surface area contributed by atoms with E-state index in [4.69, 9.17) is 5.73 Å². The molecule has 0 saturated carbocycles. The molecule has 0 aliphatic heterocycles. The van der Waals surface area contributed by atoms with Crippen LogP contribution < -0.4 is 10.5 Å². The lowest BCUT2D eigenvalue weighted by molar-refractivity contribution is 0.475. The van der Waals surface area contributed by atoms with E-state index in [1.54, 1.807) is 36.4 Å². The molecule has 112 valence electrons. The van der Waals surface area contributed by atoms with Gasteiger partial charge in [-0.3, -0.25) is 0 Å². The van der Waals surface area contributed by atoms with Gasteiger partial charge in [0.2, 0.25) is 10.0 Å². The largest absolute Gasteiger partial charge is 0.508 e. The van der Waals surface area contributed by atoms with Crippen LogP contribution in [-0.2, 0) is 16.4 Å². The topological polar surface area (TPSA) is 92.4 Å². The fourth-order valence-corrected chi connectivity index (χ4v) is 3.82.